The molecule has 176 valence electrons. The summed E-state index contributed by atoms with van der Waals surface area (Å²) in [6, 6.07) is 20.7. The maximum atomic E-state index is 12.4. The van der Waals surface area contributed by atoms with Crippen LogP contribution in [0.4, 0.5) is 4.79 Å². The van der Waals surface area contributed by atoms with E-state index in [1.54, 1.807) is 12.1 Å². The van der Waals surface area contributed by atoms with Gasteiger partial charge in [0.2, 0.25) is 0 Å². The third-order valence-electron chi connectivity index (χ3n) is 6.12. The second kappa shape index (κ2) is 10.1. The molecule has 4 rings (SSSR count). The average Bonchev–Trinajstić information content (AvgIpc) is 3.18. The zero-order chi connectivity index (χ0) is 24.2. The van der Waals surface area contributed by atoms with Crippen molar-refractivity contribution in [3.8, 4) is 16.9 Å². The number of aliphatic hydroxyl groups is 2. The Labute approximate surface area is 198 Å². The van der Waals surface area contributed by atoms with Crippen LogP contribution in [0.3, 0.4) is 0 Å². The van der Waals surface area contributed by atoms with Gasteiger partial charge in [-0.05, 0) is 47.4 Å². The number of ketones is 1. The van der Waals surface area contributed by atoms with Crippen LogP contribution in [0, 0.1) is 0 Å². The van der Waals surface area contributed by atoms with Gasteiger partial charge in [-0.25, -0.2) is 4.79 Å². The van der Waals surface area contributed by atoms with E-state index < -0.39 is 18.3 Å². The fraction of sp³-hybridized carbons (Fsp3) is 0.259. The summed E-state index contributed by atoms with van der Waals surface area (Å²) in [4.78, 5) is 24.0. The minimum Gasteiger partial charge on any atom is -0.496 e. The molecule has 0 saturated carbocycles. The van der Waals surface area contributed by atoms with Gasteiger partial charge < -0.3 is 25.0 Å². The molecule has 0 radical (unpaired) electrons. The standard InChI is InChI=1S/C27H27NO6/c1-16(29)17-11-12-25(33-2)22(13-17)26(31)24(30)14-28-27(32)34-15-23-20-9-5-3-7-18(20)19-8-4-6-10-21(19)23/h3-13,23-24,26,30-31H,14-15H2,1-2H3,(H,28,32). The SMILES string of the molecule is COc1ccc(C(C)=O)cc1C(O)C(O)CNC(=O)OCC1c2ccccc2-c2ccccc21. The van der Waals surface area contributed by atoms with Crippen LogP contribution in [0.1, 0.15) is 46.0 Å². The van der Waals surface area contributed by atoms with E-state index in [4.69, 9.17) is 9.47 Å². The zero-order valence-electron chi connectivity index (χ0n) is 19.0. The number of Topliss-reactive ketones (excluding diaryl/α,β-unsaturated/α-hetero) is 1. The molecule has 0 fully saturated rings. The number of nitrogens with one attached hydrogen (secondary N) is 1. The molecule has 0 bridgehead atoms. The molecule has 2 atom stereocenters. The first-order valence-electron chi connectivity index (χ1n) is 11.0. The lowest BCUT2D eigenvalue weighted by molar-refractivity contribution is 0.0172. The zero-order valence-corrected chi connectivity index (χ0v) is 19.0. The second-order valence-electron chi connectivity index (χ2n) is 8.23. The smallest absolute Gasteiger partial charge is 0.407 e. The molecular formula is C27H27NO6. The van der Waals surface area contributed by atoms with Crippen LogP contribution >= 0.6 is 0 Å². The monoisotopic (exact) mass is 461 g/mol. The van der Waals surface area contributed by atoms with Crippen LogP contribution < -0.4 is 10.1 Å². The maximum absolute atomic E-state index is 12.4. The fourth-order valence-electron chi connectivity index (χ4n) is 4.34. The Hall–Kier alpha value is -3.68. The molecule has 3 aromatic carbocycles. The van der Waals surface area contributed by atoms with Crippen molar-refractivity contribution in [1.82, 2.24) is 5.32 Å². The summed E-state index contributed by atoms with van der Waals surface area (Å²) in [5.74, 6) is 0.0762. The maximum Gasteiger partial charge on any atom is 0.407 e. The van der Waals surface area contributed by atoms with Crippen LogP contribution in [-0.4, -0.2) is 48.5 Å². The molecule has 3 aromatic rings. The highest BCUT2D eigenvalue weighted by molar-refractivity contribution is 5.94. The van der Waals surface area contributed by atoms with Crippen molar-refractivity contribution in [3.63, 3.8) is 0 Å². The summed E-state index contributed by atoms with van der Waals surface area (Å²) in [5.41, 5.74) is 5.11. The molecule has 3 N–H and O–H groups in total. The summed E-state index contributed by atoms with van der Waals surface area (Å²) in [5, 5.41) is 23.6. The number of methoxy groups -OCH3 is 1. The van der Waals surface area contributed by atoms with Crippen molar-refractivity contribution in [2.75, 3.05) is 20.3 Å². The van der Waals surface area contributed by atoms with Crippen LogP contribution in [-0.2, 0) is 4.74 Å². The predicted octanol–water partition coefficient (Wildman–Crippen LogP) is 3.83. The normalized spacial score (nSPS) is 14.0. The Bertz CT molecular complexity index is 1160. The van der Waals surface area contributed by atoms with Crippen molar-refractivity contribution in [1.29, 1.82) is 0 Å². The first-order valence-corrected chi connectivity index (χ1v) is 11.0. The second-order valence-corrected chi connectivity index (χ2v) is 8.23. The van der Waals surface area contributed by atoms with Gasteiger partial charge in [-0.1, -0.05) is 48.5 Å². The molecule has 0 spiro atoms. The van der Waals surface area contributed by atoms with Gasteiger partial charge in [-0.3, -0.25) is 4.79 Å². The van der Waals surface area contributed by atoms with Crippen LogP contribution in [0.5, 0.6) is 5.75 Å². The molecule has 0 heterocycles. The van der Waals surface area contributed by atoms with Crippen molar-refractivity contribution in [3.05, 3.63) is 89.0 Å². The Morgan fingerprint density at radius 1 is 0.971 bits per heavy atom. The summed E-state index contributed by atoms with van der Waals surface area (Å²) < 4.78 is 10.7. The Morgan fingerprint density at radius 2 is 1.59 bits per heavy atom. The first-order chi connectivity index (χ1) is 16.4. The van der Waals surface area contributed by atoms with E-state index in [1.807, 2.05) is 36.4 Å². The lowest BCUT2D eigenvalue weighted by Crippen LogP contribution is -2.36. The molecule has 7 nitrogen and oxygen atoms in total. The number of hydrogen-bond acceptors (Lipinski definition) is 6. The Kier molecular flexibility index (Phi) is 6.95. The molecule has 34 heavy (non-hydrogen) atoms. The number of benzene rings is 3. The van der Waals surface area contributed by atoms with Gasteiger partial charge in [0.1, 0.15) is 24.6 Å². The topological polar surface area (TPSA) is 105 Å². The number of amides is 1. The van der Waals surface area contributed by atoms with Gasteiger partial charge in [0.05, 0.1) is 7.11 Å². The van der Waals surface area contributed by atoms with Crippen LogP contribution in [0.2, 0.25) is 0 Å². The van der Waals surface area contributed by atoms with Crippen molar-refractivity contribution in [2.24, 2.45) is 0 Å². The van der Waals surface area contributed by atoms with E-state index in [0.29, 0.717) is 11.3 Å². The molecular weight excluding hydrogens is 434 g/mol. The molecule has 7 heteroatoms. The van der Waals surface area contributed by atoms with E-state index in [0.717, 1.165) is 22.3 Å². The fourth-order valence-corrected chi connectivity index (χ4v) is 4.34. The number of carbonyl (C=O) groups excluding carboxylic acids is 2. The van der Waals surface area contributed by atoms with Gasteiger partial charge in [-0.2, -0.15) is 0 Å². The van der Waals surface area contributed by atoms with Gasteiger partial charge in [0.15, 0.2) is 5.78 Å². The number of hydrogen-bond donors (Lipinski definition) is 3. The number of rotatable bonds is 8. The molecule has 0 aliphatic heterocycles. The highest BCUT2D eigenvalue weighted by Crippen LogP contribution is 2.44. The van der Waals surface area contributed by atoms with Crippen molar-refractivity contribution in [2.45, 2.75) is 25.0 Å². The van der Waals surface area contributed by atoms with Gasteiger partial charge in [0, 0.05) is 23.6 Å². The third-order valence-corrected chi connectivity index (χ3v) is 6.12. The Morgan fingerprint density at radius 3 is 2.18 bits per heavy atom. The summed E-state index contributed by atoms with van der Waals surface area (Å²) in [6.07, 6.45) is -3.41. The average molecular weight is 462 g/mol. The van der Waals surface area contributed by atoms with Gasteiger partial charge in [-0.15, -0.1) is 0 Å². The summed E-state index contributed by atoms with van der Waals surface area (Å²) in [6.45, 7) is 1.31. The van der Waals surface area contributed by atoms with E-state index in [1.165, 1.54) is 20.1 Å². The predicted molar refractivity (Wildman–Crippen MR) is 127 cm³/mol. The van der Waals surface area contributed by atoms with Crippen LogP contribution in [0.15, 0.2) is 66.7 Å². The molecule has 0 aromatic heterocycles. The minimum atomic E-state index is -1.37. The number of ether oxygens (including phenoxy) is 2. The van der Waals surface area contributed by atoms with Gasteiger partial charge in [0.25, 0.3) is 0 Å². The largest absolute Gasteiger partial charge is 0.496 e. The number of aliphatic hydroxyl groups excluding tert-OH is 2. The van der Waals surface area contributed by atoms with E-state index in [-0.39, 0.29) is 30.4 Å². The number of alkyl carbamates (subject to hydrolysis) is 1. The van der Waals surface area contributed by atoms with Crippen molar-refractivity contribution >= 4 is 11.9 Å². The van der Waals surface area contributed by atoms with E-state index in [9.17, 15) is 19.8 Å². The minimum absolute atomic E-state index is 0.0766. The lowest BCUT2D eigenvalue weighted by atomic mass is 9.98. The van der Waals surface area contributed by atoms with Gasteiger partial charge >= 0.3 is 6.09 Å². The lowest BCUT2D eigenvalue weighted by Gasteiger charge is -2.21. The van der Waals surface area contributed by atoms with Crippen LogP contribution in [0.25, 0.3) is 11.1 Å². The highest BCUT2D eigenvalue weighted by Gasteiger charge is 2.29. The van der Waals surface area contributed by atoms with E-state index >= 15 is 0 Å². The quantitative estimate of drug-likeness (QED) is 0.441. The van der Waals surface area contributed by atoms with E-state index in [2.05, 4.69) is 17.4 Å². The van der Waals surface area contributed by atoms with Crippen molar-refractivity contribution < 1.29 is 29.3 Å². The molecule has 1 aliphatic rings. The summed E-state index contributed by atoms with van der Waals surface area (Å²) in [7, 11) is 1.43. The molecule has 1 amide bonds. The number of carbonyl (C=O) groups is 2. The Balaban J connectivity index is 1.37. The highest BCUT2D eigenvalue weighted by atomic mass is 16.5. The summed E-state index contributed by atoms with van der Waals surface area (Å²) >= 11 is 0. The molecule has 0 saturated heterocycles. The first kappa shape index (κ1) is 23.5. The molecule has 1 aliphatic carbocycles. The third kappa shape index (κ3) is 4.66. The molecule has 2 unspecified atom stereocenters. The number of fused-ring (bicyclic) bond motifs is 3.